The van der Waals surface area contributed by atoms with Crippen LogP contribution >= 0.6 is 11.8 Å². The highest BCUT2D eigenvalue weighted by Gasteiger charge is 2.17. The molecule has 86 valence electrons. The number of rotatable bonds is 5. The van der Waals surface area contributed by atoms with Crippen molar-refractivity contribution in [2.24, 2.45) is 11.7 Å². The molecule has 1 atom stereocenters. The van der Waals surface area contributed by atoms with E-state index in [1.807, 2.05) is 13.8 Å². The van der Waals surface area contributed by atoms with E-state index < -0.39 is 0 Å². The van der Waals surface area contributed by atoms with Crippen molar-refractivity contribution in [3.05, 3.63) is 11.7 Å². The molecule has 2 N–H and O–H groups in total. The van der Waals surface area contributed by atoms with Gasteiger partial charge < -0.3 is 10.3 Å². The molecule has 0 saturated carbocycles. The molecule has 0 aliphatic carbocycles. The zero-order chi connectivity index (χ0) is 11.4. The van der Waals surface area contributed by atoms with E-state index in [0.29, 0.717) is 17.1 Å². The average Bonchev–Trinajstić information content (AvgIpc) is 2.61. The van der Waals surface area contributed by atoms with Crippen molar-refractivity contribution in [1.29, 1.82) is 0 Å². The molecule has 0 unspecified atom stereocenters. The monoisotopic (exact) mass is 229 g/mol. The van der Waals surface area contributed by atoms with Gasteiger partial charge in [-0.25, -0.2) is 0 Å². The van der Waals surface area contributed by atoms with Gasteiger partial charge in [0.25, 0.3) is 0 Å². The van der Waals surface area contributed by atoms with E-state index in [2.05, 4.69) is 24.0 Å². The van der Waals surface area contributed by atoms with Gasteiger partial charge in [0.15, 0.2) is 5.82 Å². The summed E-state index contributed by atoms with van der Waals surface area (Å²) in [7, 11) is 0. The fourth-order valence-electron chi connectivity index (χ4n) is 0.988. The lowest BCUT2D eigenvalue weighted by molar-refractivity contribution is 0.323. The maximum absolute atomic E-state index is 5.90. The molecule has 0 saturated heterocycles. The molecule has 0 spiro atoms. The normalized spacial score (nSPS) is 13.8. The molecule has 1 heterocycles. The lowest BCUT2D eigenvalue weighted by Gasteiger charge is -2.09. The van der Waals surface area contributed by atoms with Gasteiger partial charge >= 0.3 is 0 Å². The van der Waals surface area contributed by atoms with Crippen molar-refractivity contribution in [1.82, 2.24) is 10.1 Å². The van der Waals surface area contributed by atoms with E-state index in [0.717, 1.165) is 11.6 Å². The van der Waals surface area contributed by atoms with Gasteiger partial charge in [-0.3, -0.25) is 0 Å². The molecular weight excluding hydrogens is 210 g/mol. The Balaban J connectivity index is 2.56. The Labute approximate surface area is 95.0 Å². The molecule has 1 rings (SSSR count). The zero-order valence-electron chi connectivity index (χ0n) is 9.73. The smallest absolute Gasteiger partial charge is 0.243 e. The predicted octanol–water partition coefficient (Wildman–Crippen LogP) is 2.37. The lowest BCUT2D eigenvalue weighted by atomic mass is 10.1. The van der Waals surface area contributed by atoms with Crippen molar-refractivity contribution >= 4 is 11.8 Å². The third-order valence-corrected chi connectivity index (χ3v) is 3.12. The van der Waals surface area contributed by atoms with E-state index in [4.69, 9.17) is 10.3 Å². The van der Waals surface area contributed by atoms with Crippen LogP contribution in [0.1, 0.15) is 45.5 Å². The lowest BCUT2D eigenvalue weighted by Crippen LogP contribution is -2.17. The van der Waals surface area contributed by atoms with Gasteiger partial charge in [-0.05, 0) is 11.2 Å². The second-order valence-corrected chi connectivity index (χ2v) is 5.74. The second-order valence-electron chi connectivity index (χ2n) is 4.18. The van der Waals surface area contributed by atoms with Crippen LogP contribution < -0.4 is 5.73 Å². The summed E-state index contributed by atoms with van der Waals surface area (Å²) in [6, 6.07) is -0.157. The first kappa shape index (κ1) is 12.5. The van der Waals surface area contributed by atoms with Gasteiger partial charge in [-0.2, -0.15) is 16.7 Å². The second kappa shape index (κ2) is 5.51. The van der Waals surface area contributed by atoms with E-state index in [9.17, 15) is 0 Å². The van der Waals surface area contributed by atoms with Crippen LogP contribution in [0, 0.1) is 5.92 Å². The molecule has 0 aromatic carbocycles. The highest BCUT2D eigenvalue weighted by molar-refractivity contribution is 7.99. The van der Waals surface area contributed by atoms with Crippen molar-refractivity contribution < 1.29 is 4.52 Å². The first-order chi connectivity index (χ1) is 7.00. The first-order valence-electron chi connectivity index (χ1n) is 5.20. The molecule has 1 aromatic rings. The minimum atomic E-state index is -0.157. The van der Waals surface area contributed by atoms with Gasteiger partial charge in [-0.1, -0.05) is 32.9 Å². The van der Waals surface area contributed by atoms with E-state index in [-0.39, 0.29) is 6.04 Å². The zero-order valence-corrected chi connectivity index (χ0v) is 10.5. The SMILES string of the molecule is CC(C)SCc1noc([C@H](N)C(C)C)n1. The number of nitrogens with zero attached hydrogens (tertiary/aromatic N) is 2. The maximum atomic E-state index is 5.90. The summed E-state index contributed by atoms with van der Waals surface area (Å²) in [5.41, 5.74) is 5.90. The van der Waals surface area contributed by atoms with Gasteiger partial charge in [0.05, 0.1) is 11.8 Å². The van der Waals surface area contributed by atoms with Gasteiger partial charge in [0, 0.05) is 0 Å². The number of nitrogens with two attached hydrogens (primary N) is 1. The van der Waals surface area contributed by atoms with Crippen LogP contribution in [0.5, 0.6) is 0 Å². The Kier molecular flexibility index (Phi) is 4.60. The Bertz CT molecular complexity index is 299. The van der Waals surface area contributed by atoms with Crippen LogP contribution in [0.4, 0.5) is 0 Å². The minimum absolute atomic E-state index is 0.157. The molecular formula is C10H19N3OS. The summed E-state index contributed by atoms with van der Waals surface area (Å²) in [6.45, 7) is 8.37. The largest absolute Gasteiger partial charge is 0.338 e. The van der Waals surface area contributed by atoms with Crippen LogP contribution in [-0.4, -0.2) is 15.4 Å². The van der Waals surface area contributed by atoms with Gasteiger partial charge in [-0.15, -0.1) is 0 Å². The number of hydrogen-bond acceptors (Lipinski definition) is 5. The summed E-state index contributed by atoms with van der Waals surface area (Å²) >= 11 is 1.79. The molecule has 0 aliphatic rings. The van der Waals surface area contributed by atoms with Gasteiger partial charge in [0.1, 0.15) is 0 Å². The summed E-state index contributed by atoms with van der Waals surface area (Å²) in [5.74, 6) is 2.38. The molecule has 0 amide bonds. The fraction of sp³-hybridized carbons (Fsp3) is 0.800. The third kappa shape index (κ3) is 3.83. The number of thioether (sulfide) groups is 1. The van der Waals surface area contributed by atoms with Crippen LogP contribution in [-0.2, 0) is 5.75 Å². The average molecular weight is 229 g/mol. The third-order valence-electron chi connectivity index (χ3n) is 2.03. The Morgan fingerprint density at radius 2 is 2.00 bits per heavy atom. The van der Waals surface area contributed by atoms with Crippen molar-refractivity contribution in [2.75, 3.05) is 0 Å². The molecule has 15 heavy (non-hydrogen) atoms. The highest BCUT2D eigenvalue weighted by atomic mass is 32.2. The van der Waals surface area contributed by atoms with Crippen LogP contribution in [0.15, 0.2) is 4.52 Å². The topological polar surface area (TPSA) is 64.9 Å². The van der Waals surface area contributed by atoms with Crippen molar-refractivity contribution in [3.8, 4) is 0 Å². The van der Waals surface area contributed by atoms with Gasteiger partial charge in [0.2, 0.25) is 5.89 Å². The van der Waals surface area contributed by atoms with E-state index >= 15 is 0 Å². The molecule has 0 aliphatic heterocycles. The molecule has 5 heteroatoms. The fourth-order valence-corrected chi connectivity index (χ4v) is 1.59. The molecule has 1 aromatic heterocycles. The summed E-state index contributed by atoms with van der Waals surface area (Å²) < 4.78 is 5.12. The van der Waals surface area contributed by atoms with E-state index in [1.165, 1.54) is 0 Å². The van der Waals surface area contributed by atoms with Crippen molar-refractivity contribution in [2.45, 2.75) is 44.7 Å². The summed E-state index contributed by atoms with van der Waals surface area (Å²) in [6.07, 6.45) is 0. The number of aromatic nitrogens is 2. The summed E-state index contributed by atoms with van der Waals surface area (Å²) in [4.78, 5) is 4.28. The first-order valence-corrected chi connectivity index (χ1v) is 6.25. The molecule has 4 nitrogen and oxygen atoms in total. The Hall–Kier alpha value is -0.550. The highest BCUT2D eigenvalue weighted by Crippen LogP contribution is 2.19. The van der Waals surface area contributed by atoms with E-state index in [1.54, 1.807) is 11.8 Å². The van der Waals surface area contributed by atoms with Crippen LogP contribution in [0.2, 0.25) is 0 Å². The maximum Gasteiger partial charge on any atom is 0.243 e. The van der Waals surface area contributed by atoms with Crippen LogP contribution in [0.25, 0.3) is 0 Å². The van der Waals surface area contributed by atoms with Crippen molar-refractivity contribution in [3.63, 3.8) is 0 Å². The summed E-state index contributed by atoms with van der Waals surface area (Å²) in [5, 5.41) is 4.48. The standard InChI is InChI=1S/C10H19N3OS/c1-6(2)9(11)10-12-8(13-14-10)5-15-7(3)4/h6-7,9H,5,11H2,1-4H3/t9-/m1/s1. The predicted molar refractivity (Wildman–Crippen MR) is 62.5 cm³/mol. The number of hydrogen-bond donors (Lipinski definition) is 1. The molecule has 0 radical (unpaired) electrons. The Morgan fingerprint density at radius 3 is 2.53 bits per heavy atom. The molecule has 0 fully saturated rings. The molecule has 0 bridgehead atoms. The minimum Gasteiger partial charge on any atom is -0.338 e. The van der Waals surface area contributed by atoms with Crippen LogP contribution in [0.3, 0.4) is 0 Å². The Morgan fingerprint density at radius 1 is 1.33 bits per heavy atom. The quantitative estimate of drug-likeness (QED) is 0.839.